The fourth-order valence-electron chi connectivity index (χ4n) is 0.800. The van der Waals surface area contributed by atoms with E-state index >= 15 is 0 Å². The van der Waals surface area contributed by atoms with Gasteiger partial charge in [0.05, 0.1) is 0 Å². The summed E-state index contributed by atoms with van der Waals surface area (Å²) < 4.78 is 30.5. The maximum atomic E-state index is 12.9. The van der Waals surface area contributed by atoms with Crippen LogP contribution in [0.25, 0.3) is 0 Å². The predicted octanol–water partition coefficient (Wildman–Crippen LogP) is 2.37. The van der Waals surface area contributed by atoms with Crippen molar-refractivity contribution in [2.75, 3.05) is 0 Å². The van der Waals surface area contributed by atoms with Crippen LogP contribution in [0.1, 0.15) is 6.92 Å². The minimum Gasteiger partial charge on any atom is -0.475 e. The Morgan fingerprint density at radius 3 is 2.77 bits per heavy atom. The average molecular weight is 182 g/mol. The van der Waals surface area contributed by atoms with Crippen LogP contribution in [0.5, 0.6) is 5.75 Å². The lowest BCUT2D eigenvalue weighted by molar-refractivity contribution is 0.261. The molecule has 1 unspecified atom stereocenters. The summed E-state index contributed by atoms with van der Waals surface area (Å²) in [5.74, 6) is 0.135. The van der Waals surface area contributed by atoms with Crippen molar-refractivity contribution in [2.45, 2.75) is 13.0 Å². The molecule has 1 atom stereocenters. The second-order valence-corrected chi connectivity index (χ2v) is 2.48. The summed E-state index contributed by atoms with van der Waals surface area (Å²) in [5.41, 5.74) is 0. The highest BCUT2D eigenvalue weighted by Gasteiger charge is 2.10. The van der Waals surface area contributed by atoms with Crippen molar-refractivity contribution in [3.05, 3.63) is 29.8 Å². The van der Waals surface area contributed by atoms with Gasteiger partial charge in [0.1, 0.15) is 0 Å². The van der Waals surface area contributed by atoms with Crippen LogP contribution in [0.3, 0.4) is 0 Å². The molecule has 0 aliphatic carbocycles. The normalized spacial score (nSPS) is 11.8. The van der Waals surface area contributed by atoms with Crippen LogP contribution in [0.4, 0.5) is 8.78 Å². The Morgan fingerprint density at radius 1 is 1.46 bits per heavy atom. The van der Waals surface area contributed by atoms with Crippen molar-refractivity contribution in [1.29, 1.82) is 0 Å². The van der Waals surface area contributed by atoms with Crippen molar-refractivity contribution < 1.29 is 13.5 Å². The van der Waals surface area contributed by atoms with Crippen molar-refractivity contribution in [1.82, 2.24) is 0 Å². The zero-order valence-corrected chi connectivity index (χ0v) is 7.05. The van der Waals surface area contributed by atoms with Crippen LogP contribution in [0.2, 0.25) is 0 Å². The molecule has 1 aromatic rings. The molecule has 0 bridgehead atoms. The van der Waals surface area contributed by atoms with Crippen molar-refractivity contribution in [3.63, 3.8) is 0 Å². The molecule has 1 nitrogen and oxygen atoms in total. The molecule has 0 spiro atoms. The van der Waals surface area contributed by atoms with Gasteiger partial charge in [0.2, 0.25) is 5.82 Å². The Labute approximate surface area is 75.3 Å². The molecule has 68 valence electrons. The summed E-state index contributed by atoms with van der Waals surface area (Å²) in [7, 11) is 0. The summed E-state index contributed by atoms with van der Waals surface area (Å²) in [6, 6.07) is 3.70. The number of rotatable bonds is 2. The Morgan fingerprint density at radius 2 is 2.15 bits per heavy atom. The SMILES string of the molecule is C#CC(C)Oc1cccc(F)c1F. The highest BCUT2D eigenvalue weighted by atomic mass is 19.2. The molecule has 0 fully saturated rings. The zero-order valence-electron chi connectivity index (χ0n) is 7.05. The fraction of sp³-hybridized carbons (Fsp3) is 0.200. The molecule has 0 heterocycles. The lowest BCUT2D eigenvalue weighted by Gasteiger charge is -2.09. The van der Waals surface area contributed by atoms with Gasteiger partial charge in [-0.05, 0) is 19.1 Å². The number of benzene rings is 1. The zero-order chi connectivity index (χ0) is 9.84. The van der Waals surface area contributed by atoms with Crippen LogP contribution in [0.15, 0.2) is 18.2 Å². The van der Waals surface area contributed by atoms with E-state index in [4.69, 9.17) is 11.2 Å². The van der Waals surface area contributed by atoms with E-state index in [1.54, 1.807) is 6.92 Å². The van der Waals surface area contributed by atoms with Gasteiger partial charge in [-0.15, -0.1) is 6.42 Å². The molecular weight excluding hydrogens is 174 g/mol. The van der Waals surface area contributed by atoms with E-state index in [2.05, 4.69) is 5.92 Å². The van der Waals surface area contributed by atoms with Crippen LogP contribution in [-0.4, -0.2) is 6.10 Å². The molecule has 1 aromatic carbocycles. The van der Waals surface area contributed by atoms with Crippen LogP contribution in [-0.2, 0) is 0 Å². The summed E-state index contributed by atoms with van der Waals surface area (Å²) in [6.07, 6.45) is 4.44. The Hall–Kier alpha value is -1.56. The second kappa shape index (κ2) is 3.90. The standard InChI is InChI=1S/C10H8F2O/c1-3-7(2)13-9-6-4-5-8(11)10(9)12/h1,4-7H,2H3. The third kappa shape index (κ3) is 2.19. The van der Waals surface area contributed by atoms with Crippen LogP contribution < -0.4 is 4.74 Å². The molecule has 0 radical (unpaired) electrons. The van der Waals surface area contributed by atoms with Crippen LogP contribution >= 0.6 is 0 Å². The van der Waals surface area contributed by atoms with E-state index in [1.807, 2.05) is 0 Å². The molecule has 13 heavy (non-hydrogen) atoms. The molecule has 0 saturated carbocycles. The first-order valence-electron chi connectivity index (χ1n) is 3.72. The number of halogens is 2. The molecule has 1 rings (SSSR count). The Kier molecular flexibility index (Phi) is 2.86. The largest absolute Gasteiger partial charge is 0.475 e. The molecule has 0 saturated heterocycles. The molecule has 0 aliphatic heterocycles. The van der Waals surface area contributed by atoms with Gasteiger partial charge in [-0.25, -0.2) is 4.39 Å². The molecule has 0 aromatic heterocycles. The fourth-order valence-corrected chi connectivity index (χ4v) is 0.800. The Bertz CT molecular complexity index is 341. The topological polar surface area (TPSA) is 9.23 Å². The van der Waals surface area contributed by atoms with Gasteiger partial charge < -0.3 is 4.74 Å². The minimum absolute atomic E-state index is 0.162. The maximum absolute atomic E-state index is 12.9. The number of ether oxygens (including phenoxy) is 1. The van der Waals surface area contributed by atoms with Crippen molar-refractivity contribution in [3.8, 4) is 18.1 Å². The first kappa shape index (κ1) is 9.53. The lowest BCUT2D eigenvalue weighted by atomic mass is 10.3. The first-order valence-corrected chi connectivity index (χ1v) is 3.72. The molecule has 0 N–H and O–H groups in total. The summed E-state index contributed by atoms with van der Waals surface area (Å²) in [4.78, 5) is 0. The van der Waals surface area contributed by atoms with Gasteiger partial charge in [0, 0.05) is 0 Å². The van der Waals surface area contributed by atoms with E-state index < -0.39 is 17.7 Å². The van der Waals surface area contributed by atoms with E-state index in [-0.39, 0.29) is 5.75 Å². The monoisotopic (exact) mass is 182 g/mol. The maximum Gasteiger partial charge on any atom is 0.200 e. The van der Waals surface area contributed by atoms with Crippen molar-refractivity contribution in [2.24, 2.45) is 0 Å². The van der Waals surface area contributed by atoms with Gasteiger partial charge in [0.25, 0.3) is 0 Å². The quantitative estimate of drug-likeness (QED) is 0.638. The lowest BCUT2D eigenvalue weighted by Crippen LogP contribution is -2.09. The second-order valence-electron chi connectivity index (χ2n) is 2.48. The van der Waals surface area contributed by atoms with Crippen molar-refractivity contribution >= 4 is 0 Å². The van der Waals surface area contributed by atoms with Gasteiger partial charge in [-0.2, -0.15) is 4.39 Å². The molecule has 3 heteroatoms. The van der Waals surface area contributed by atoms with E-state index in [1.165, 1.54) is 12.1 Å². The third-order valence-corrected chi connectivity index (χ3v) is 1.45. The molecule has 0 amide bonds. The van der Waals surface area contributed by atoms with E-state index in [9.17, 15) is 8.78 Å². The van der Waals surface area contributed by atoms with Gasteiger partial charge in [-0.1, -0.05) is 12.0 Å². The van der Waals surface area contributed by atoms with Gasteiger partial charge in [-0.3, -0.25) is 0 Å². The number of terminal acetylenes is 1. The van der Waals surface area contributed by atoms with E-state index in [0.717, 1.165) is 6.07 Å². The molecular formula is C10H8F2O. The van der Waals surface area contributed by atoms with E-state index in [0.29, 0.717) is 0 Å². The summed E-state index contributed by atoms with van der Waals surface area (Å²) in [6.45, 7) is 1.57. The number of hydrogen-bond donors (Lipinski definition) is 0. The highest BCUT2D eigenvalue weighted by Crippen LogP contribution is 2.19. The third-order valence-electron chi connectivity index (χ3n) is 1.45. The molecule has 0 aliphatic rings. The highest BCUT2D eigenvalue weighted by molar-refractivity contribution is 5.25. The van der Waals surface area contributed by atoms with Gasteiger partial charge >= 0.3 is 0 Å². The first-order chi connectivity index (χ1) is 6.15. The average Bonchev–Trinajstić information content (AvgIpc) is 2.13. The predicted molar refractivity (Wildman–Crippen MR) is 45.3 cm³/mol. The Balaban J connectivity index is 2.90. The smallest absolute Gasteiger partial charge is 0.200 e. The van der Waals surface area contributed by atoms with Gasteiger partial charge in [0.15, 0.2) is 17.7 Å². The minimum atomic E-state index is -1.01. The summed E-state index contributed by atoms with van der Waals surface area (Å²) in [5, 5.41) is 0. The summed E-state index contributed by atoms with van der Waals surface area (Å²) >= 11 is 0. The number of hydrogen-bond acceptors (Lipinski definition) is 1. The van der Waals surface area contributed by atoms with Crippen LogP contribution in [0, 0.1) is 24.0 Å².